The monoisotopic (exact) mass is 520 g/mol. The summed E-state index contributed by atoms with van der Waals surface area (Å²) >= 11 is 0. The van der Waals surface area contributed by atoms with E-state index in [4.69, 9.17) is 0 Å². The Morgan fingerprint density at radius 2 is 0.800 bits per heavy atom. The van der Waals surface area contributed by atoms with Crippen LogP contribution in [0.5, 0.6) is 0 Å². The van der Waals surface area contributed by atoms with E-state index >= 15 is 0 Å². The molecule has 0 aromatic heterocycles. The molecule has 0 radical (unpaired) electrons. The summed E-state index contributed by atoms with van der Waals surface area (Å²) in [5.74, 6) is -2.37. The molecular weight excluding hydrogens is 496 g/mol. The van der Waals surface area contributed by atoms with Crippen LogP contribution in [-0.2, 0) is 0 Å². The lowest BCUT2D eigenvalue weighted by Gasteiger charge is -2.25. The number of hydrogen-bond acceptors (Lipinski definition) is 2. The second kappa shape index (κ2) is 10.4. The Bertz CT molecular complexity index is 1860. The van der Waals surface area contributed by atoms with E-state index in [1.165, 1.54) is 6.07 Å². The fourth-order valence-electron chi connectivity index (χ4n) is 5.50. The van der Waals surface area contributed by atoms with Gasteiger partial charge in [0.05, 0.1) is 11.1 Å². The van der Waals surface area contributed by atoms with Crippen molar-refractivity contribution in [1.82, 2.24) is 0 Å². The Kier molecular flexibility index (Phi) is 6.43. The number of carboxylic acids is 2. The highest BCUT2D eigenvalue weighted by Gasteiger charge is 2.28. The number of rotatable bonds is 6. The Labute approximate surface area is 231 Å². The van der Waals surface area contributed by atoms with Gasteiger partial charge in [0, 0.05) is 5.39 Å². The van der Waals surface area contributed by atoms with Crippen molar-refractivity contribution in [2.75, 3.05) is 0 Å². The van der Waals surface area contributed by atoms with Gasteiger partial charge < -0.3 is 10.2 Å². The molecule has 4 nitrogen and oxygen atoms in total. The maximum atomic E-state index is 12.8. The highest BCUT2D eigenvalue weighted by atomic mass is 16.4. The van der Waals surface area contributed by atoms with Gasteiger partial charge >= 0.3 is 11.9 Å². The molecule has 0 atom stereocenters. The second-order valence-corrected chi connectivity index (χ2v) is 9.52. The molecule has 6 aromatic carbocycles. The number of carboxylic acid groups (broad SMARTS) is 2. The number of aromatic carboxylic acids is 2. The van der Waals surface area contributed by atoms with E-state index in [1.54, 1.807) is 6.07 Å². The Hall–Kier alpha value is -5.48. The summed E-state index contributed by atoms with van der Waals surface area (Å²) in [4.78, 5) is 25.1. The predicted molar refractivity (Wildman–Crippen MR) is 160 cm³/mol. The van der Waals surface area contributed by atoms with Gasteiger partial charge in [0.2, 0.25) is 0 Å². The zero-order valence-electron chi connectivity index (χ0n) is 21.4. The van der Waals surface area contributed by atoms with Crippen LogP contribution in [0.3, 0.4) is 0 Å². The molecule has 0 spiro atoms. The Morgan fingerprint density at radius 1 is 0.425 bits per heavy atom. The summed E-state index contributed by atoms with van der Waals surface area (Å²) in [7, 11) is 0. The van der Waals surface area contributed by atoms with Crippen LogP contribution >= 0.6 is 0 Å². The molecule has 6 aromatic rings. The van der Waals surface area contributed by atoms with Crippen molar-refractivity contribution in [2.24, 2.45) is 0 Å². The summed E-state index contributed by atoms with van der Waals surface area (Å²) in [5.41, 5.74) is 6.76. The van der Waals surface area contributed by atoms with Gasteiger partial charge in [-0.2, -0.15) is 0 Å². The summed E-state index contributed by atoms with van der Waals surface area (Å²) in [6.07, 6.45) is 0. The van der Waals surface area contributed by atoms with E-state index < -0.39 is 11.9 Å². The molecule has 0 bridgehead atoms. The van der Waals surface area contributed by atoms with Crippen molar-refractivity contribution in [3.8, 4) is 44.5 Å². The SMILES string of the molecule is O=C(O)c1cc(C(=O)O)c2c(-c3ccccc3)c(-c3ccccc3)c(-c3ccccc3)c(-c3ccccc3)c2c1. The standard InChI is InChI=1S/C36H24O4/c37-35(38)27-21-28-30(23-13-5-1-6-14-23)31(24-15-7-2-8-16-24)32(25-17-9-3-10-18-25)33(26-19-11-4-12-20-26)34(28)29(22-27)36(39)40/h1-22H,(H,37,38)(H,39,40). The minimum absolute atomic E-state index is 0.0530. The zero-order valence-corrected chi connectivity index (χ0v) is 21.4. The van der Waals surface area contributed by atoms with Crippen LogP contribution in [0.15, 0.2) is 133 Å². The molecule has 0 aliphatic rings. The highest BCUT2D eigenvalue weighted by molar-refractivity contribution is 6.23. The van der Waals surface area contributed by atoms with E-state index in [0.29, 0.717) is 10.8 Å². The minimum atomic E-state index is -1.18. The van der Waals surface area contributed by atoms with E-state index in [9.17, 15) is 19.8 Å². The lowest BCUT2D eigenvalue weighted by molar-refractivity contribution is 0.0696. The van der Waals surface area contributed by atoms with Crippen molar-refractivity contribution in [3.05, 3.63) is 145 Å². The molecule has 0 heterocycles. The molecule has 0 fully saturated rings. The normalized spacial score (nSPS) is 10.9. The van der Waals surface area contributed by atoms with Gasteiger partial charge in [-0.3, -0.25) is 0 Å². The van der Waals surface area contributed by atoms with Crippen molar-refractivity contribution in [3.63, 3.8) is 0 Å². The van der Waals surface area contributed by atoms with Gasteiger partial charge in [0.15, 0.2) is 0 Å². The summed E-state index contributed by atoms with van der Waals surface area (Å²) in [6.45, 7) is 0. The summed E-state index contributed by atoms with van der Waals surface area (Å²) in [5, 5.41) is 21.6. The van der Waals surface area contributed by atoms with Crippen molar-refractivity contribution in [2.45, 2.75) is 0 Å². The first-order valence-corrected chi connectivity index (χ1v) is 12.9. The fourth-order valence-corrected chi connectivity index (χ4v) is 5.50. The van der Waals surface area contributed by atoms with Crippen LogP contribution in [0.25, 0.3) is 55.3 Å². The lowest BCUT2D eigenvalue weighted by atomic mass is 9.77. The third kappa shape index (κ3) is 4.32. The second-order valence-electron chi connectivity index (χ2n) is 9.52. The Balaban J connectivity index is 1.99. The summed E-state index contributed by atoms with van der Waals surface area (Å²) < 4.78 is 0. The van der Waals surface area contributed by atoms with Crippen molar-refractivity contribution in [1.29, 1.82) is 0 Å². The fraction of sp³-hybridized carbons (Fsp3) is 0. The van der Waals surface area contributed by atoms with Crippen LogP contribution in [0.1, 0.15) is 20.7 Å². The molecule has 2 N–H and O–H groups in total. The van der Waals surface area contributed by atoms with E-state index in [2.05, 4.69) is 0 Å². The highest BCUT2D eigenvalue weighted by Crippen LogP contribution is 2.51. The lowest BCUT2D eigenvalue weighted by Crippen LogP contribution is -2.07. The predicted octanol–water partition coefficient (Wildman–Crippen LogP) is 8.90. The molecule has 192 valence electrons. The first kappa shape index (κ1) is 24.8. The molecule has 40 heavy (non-hydrogen) atoms. The van der Waals surface area contributed by atoms with Gasteiger partial charge in [0.1, 0.15) is 0 Å². The molecule has 0 amide bonds. The average molecular weight is 521 g/mol. The van der Waals surface area contributed by atoms with Crippen molar-refractivity contribution < 1.29 is 19.8 Å². The smallest absolute Gasteiger partial charge is 0.336 e. The molecule has 6 rings (SSSR count). The van der Waals surface area contributed by atoms with Gasteiger partial charge in [-0.1, -0.05) is 121 Å². The van der Waals surface area contributed by atoms with Gasteiger partial charge in [-0.15, -0.1) is 0 Å². The molecule has 0 aliphatic carbocycles. The number of carbonyl (C=O) groups is 2. The van der Waals surface area contributed by atoms with Gasteiger partial charge in [-0.05, 0) is 62.0 Å². The topological polar surface area (TPSA) is 74.6 Å². The largest absolute Gasteiger partial charge is 0.478 e. The van der Waals surface area contributed by atoms with E-state index in [1.807, 2.05) is 121 Å². The minimum Gasteiger partial charge on any atom is -0.478 e. The van der Waals surface area contributed by atoms with Gasteiger partial charge in [0.25, 0.3) is 0 Å². The number of benzene rings is 6. The first-order valence-electron chi connectivity index (χ1n) is 12.9. The van der Waals surface area contributed by atoms with Crippen LogP contribution in [0, 0.1) is 0 Å². The van der Waals surface area contributed by atoms with Crippen LogP contribution < -0.4 is 0 Å². The maximum Gasteiger partial charge on any atom is 0.336 e. The third-order valence-electron chi connectivity index (χ3n) is 7.13. The van der Waals surface area contributed by atoms with Crippen molar-refractivity contribution >= 4 is 22.7 Å². The molecule has 0 saturated carbocycles. The van der Waals surface area contributed by atoms with Gasteiger partial charge in [-0.25, -0.2) is 9.59 Å². The van der Waals surface area contributed by atoms with E-state index in [-0.39, 0.29) is 11.1 Å². The molecule has 0 unspecified atom stereocenters. The average Bonchev–Trinajstić information content (AvgIpc) is 3.00. The maximum absolute atomic E-state index is 12.8. The molecule has 4 heteroatoms. The first-order chi connectivity index (χ1) is 19.5. The van der Waals surface area contributed by atoms with Crippen LogP contribution in [0.4, 0.5) is 0 Å². The molecule has 0 saturated heterocycles. The zero-order chi connectivity index (χ0) is 27.6. The van der Waals surface area contributed by atoms with Crippen LogP contribution in [-0.4, -0.2) is 22.2 Å². The molecular formula is C36H24O4. The Morgan fingerprint density at radius 3 is 1.20 bits per heavy atom. The number of hydrogen-bond donors (Lipinski definition) is 2. The number of fused-ring (bicyclic) bond motifs is 1. The van der Waals surface area contributed by atoms with E-state index in [0.717, 1.165) is 44.5 Å². The van der Waals surface area contributed by atoms with Crippen LogP contribution in [0.2, 0.25) is 0 Å². The molecule has 0 aliphatic heterocycles. The quantitative estimate of drug-likeness (QED) is 0.230. The summed E-state index contributed by atoms with van der Waals surface area (Å²) in [6, 6.07) is 42.3. The third-order valence-corrected chi connectivity index (χ3v) is 7.13.